The fourth-order valence-electron chi connectivity index (χ4n) is 1.25. The molecule has 0 saturated carbocycles. The van der Waals surface area contributed by atoms with E-state index in [2.05, 4.69) is 0 Å². The molecule has 0 unspecified atom stereocenters. The molecule has 76 valence electrons. The highest BCUT2D eigenvalue weighted by molar-refractivity contribution is 6.30. The van der Waals surface area contributed by atoms with Crippen molar-refractivity contribution in [1.29, 1.82) is 0 Å². The molecule has 1 amide bonds. The summed E-state index contributed by atoms with van der Waals surface area (Å²) in [5.41, 5.74) is 4.01. The van der Waals surface area contributed by atoms with Crippen LogP contribution in [-0.2, 0) is 10.4 Å². The van der Waals surface area contributed by atoms with Crippen LogP contribution in [0.25, 0.3) is 0 Å². The molecule has 0 aliphatic carbocycles. The third kappa shape index (κ3) is 1.89. The van der Waals surface area contributed by atoms with E-state index in [1.807, 2.05) is 0 Å². The van der Waals surface area contributed by atoms with Gasteiger partial charge in [-0.2, -0.15) is 0 Å². The third-order valence-corrected chi connectivity index (χ3v) is 2.49. The molecule has 1 aromatic carbocycles. The normalized spacial score (nSPS) is 14.8. The molecule has 0 aliphatic heterocycles. The number of aliphatic hydroxyl groups is 1. The summed E-state index contributed by atoms with van der Waals surface area (Å²) in [6.45, 7) is 1.69. The molecule has 1 atom stereocenters. The van der Waals surface area contributed by atoms with Gasteiger partial charge >= 0.3 is 0 Å². The maximum Gasteiger partial charge on any atom is 0.254 e. The van der Waals surface area contributed by atoms with Gasteiger partial charge in [0.2, 0.25) is 0 Å². The Morgan fingerprint density at radius 2 is 2.00 bits per heavy atom. The van der Waals surface area contributed by atoms with E-state index in [0.29, 0.717) is 10.6 Å². The lowest BCUT2D eigenvalue weighted by atomic mass is 9.91. The molecule has 14 heavy (non-hydrogen) atoms. The Morgan fingerprint density at radius 1 is 1.50 bits per heavy atom. The maximum absolute atomic E-state index is 11.1. The van der Waals surface area contributed by atoms with Crippen molar-refractivity contribution in [2.45, 2.75) is 18.9 Å². The summed E-state index contributed by atoms with van der Waals surface area (Å²) in [5, 5.41) is 10.5. The van der Waals surface area contributed by atoms with E-state index in [-0.39, 0.29) is 6.42 Å². The molecule has 0 radical (unpaired) electrons. The standard InChI is InChI=1S/C10H12ClNO2/c1-2-10(14,9(12)13)7-3-5-8(11)6-4-7/h3-6,14H,2H2,1H3,(H2,12,13)/t10-/m0/s1. The number of hydrogen-bond donors (Lipinski definition) is 2. The van der Waals surface area contributed by atoms with E-state index < -0.39 is 11.5 Å². The summed E-state index contributed by atoms with van der Waals surface area (Å²) in [6.07, 6.45) is 0.240. The van der Waals surface area contributed by atoms with Gasteiger partial charge in [0, 0.05) is 5.02 Å². The minimum Gasteiger partial charge on any atom is -0.375 e. The Bertz CT molecular complexity index is 336. The Labute approximate surface area is 87.5 Å². The second kappa shape index (κ2) is 3.98. The zero-order valence-corrected chi connectivity index (χ0v) is 8.58. The lowest BCUT2D eigenvalue weighted by Gasteiger charge is -2.23. The van der Waals surface area contributed by atoms with E-state index in [1.54, 1.807) is 31.2 Å². The van der Waals surface area contributed by atoms with Crippen molar-refractivity contribution < 1.29 is 9.90 Å². The molecular formula is C10H12ClNO2. The molecule has 1 aromatic rings. The predicted octanol–water partition coefficient (Wildman–Crippen LogP) is 1.42. The van der Waals surface area contributed by atoms with Crippen molar-refractivity contribution in [2.75, 3.05) is 0 Å². The number of amides is 1. The lowest BCUT2D eigenvalue weighted by Crippen LogP contribution is -2.40. The fourth-order valence-corrected chi connectivity index (χ4v) is 1.37. The van der Waals surface area contributed by atoms with Crippen LogP contribution in [0.4, 0.5) is 0 Å². The summed E-state index contributed by atoms with van der Waals surface area (Å²) in [7, 11) is 0. The first-order valence-electron chi connectivity index (χ1n) is 4.29. The van der Waals surface area contributed by atoms with Crippen LogP contribution in [-0.4, -0.2) is 11.0 Å². The smallest absolute Gasteiger partial charge is 0.254 e. The van der Waals surface area contributed by atoms with Crippen LogP contribution in [0.15, 0.2) is 24.3 Å². The van der Waals surface area contributed by atoms with Gasteiger partial charge in [-0.1, -0.05) is 30.7 Å². The second-order valence-corrected chi connectivity index (χ2v) is 3.52. The fraction of sp³-hybridized carbons (Fsp3) is 0.300. The van der Waals surface area contributed by atoms with Gasteiger partial charge in [0.05, 0.1) is 0 Å². The van der Waals surface area contributed by atoms with Gasteiger partial charge in [-0.25, -0.2) is 0 Å². The predicted molar refractivity (Wildman–Crippen MR) is 54.8 cm³/mol. The van der Waals surface area contributed by atoms with Crippen LogP contribution in [0.2, 0.25) is 5.02 Å². The number of carbonyl (C=O) groups is 1. The largest absolute Gasteiger partial charge is 0.375 e. The first-order chi connectivity index (χ1) is 6.50. The molecule has 4 heteroatoms. The summed E-state index contributed by atoms with van der Waals surface area (Å²) in [5.74, 6) is -0.748. The average molecular weight is 214 g/mol. The molecule has 0 aromatic heterocycles. The van der Waals surface area contributed by atoms with E-state index in [1.165, 1.54) is 0 Å². The Balaban J connectivity index is 3.13. The van der Waals surface area contributed by atoms with Crippen molar-refractivity contribution >= 4 is 17.5 Å². The first-order valence-corrected chi connectivity index (χ1v) is 4.67. The summed E-state index contributed by atoms with van der Waals surface area (Å²) >= 11 is 5.69. The maximum atomic E-state index is 11.1. The molecule has 0 heterocycles. The number of benzene rings is 1. The zero-order chi connectivity index (χ0) is 10.8. The SMILES string of the molecule is CC[C@@](O)(C(N)=O)c1ccc(Cl)cc1. The van der Waals surface area contributed by atoms with Gasteiger partial charge < -0.3 is 10.8 Å². The van der Waals surface area contributed by atoms with Crippen LogP contribution in [0, 0.1) is 0 Å². The molecule has 1 rings (SSSR count). The van der Waals surface area contributed by atoms with E-state index in [0.717, 1.165) is 0 Å². The highest BCUT2D eigenvalue weighted by Crippen LogP contribution is 2.25. The molecule has 0 spiro atoms. The molecule has 0 saturated heterocycles. The topological polar surface area (TPSA) is 63.3 Å². The molecule has 0 aliphatic rings. The van der Waals surface area contributed by atoms with Crippen molar-refractivity contribution in [3.05, 3.63) is 34.9 Å². The van der Waals surface area contributed by atoms with Crippen LogP contribution in [0.1, 0.15) is 18.9 Å². The van der Waals surface area contributed by atoms with Crippen LogP contribution >= 0.6 is 11.6 Å². The number of primary amides is 1. The molecule has 0 bridgehead atoms. The number of hydrogen-bond acceptors (Lipinski definition) is 2. The van der Waals surface area contributed by atoms with Crippen LogP contribution < -0.4 is 5.73 Å². The minimum atomic E-state index is -1.59. The highest BCUT2D eigenvalue weighted by Gasteiger charge is 2.33. The monoisotopic (exact) mass is 213 g/mol. The number of carbonyl (C=O) groups excluding carboxylic acids is 1. The first kappa shape index (κ1) is 11.0. The van der Waals surface area contributed by atoms with Crippen molar-refractivity contribution in [1.82, 2.24) is 0 Å². The lowest BCUT2D eigenvalue weighted by molar-refractivity contribution is -0.137. The van der Waals surface area contributed by atoms with Crippen molar-refractivity contribution in [2.24, 2.45) is 5.73 Å². The molecule has 3 nitrogen and oxygen atoms in total. The van der Waals surface area contributed by atoms with Crippen LogP contribution in [0.3, 0.4) is 0 Å². The van der Waals surface area contributed by atoms with Gasteiger partial charge in [-0.15, -0.1) is 0 Å². The Kier molecular flexibility index (Phi) is 3.13. The number of nitrogens with two attached hydrogens (primary N) is 1. The van der Waals surface area contributed by atoms with Crippen molar-refractivity contribution in [3.63, 3.8) is 0 Å². The summed E-state index contributed by atoms with van der Waals surface area (Å²) in [6, 6.07) is 6.41. The summed E-state index contributed by atoms with van der Waals surface area (Å²) < 4.78 is 0. The molecular weight excluding hydrogens is 202 g/mol. The number of rotatable bonds is 3. The highest BCUT2D eigenvalue weighted by atomic mass is 35.5. The van der Waals surface area contributed by atoms with Gasteiger partial charge in [0.15, 0.2) is 5.60 Å². The minimum absolute atomic E-state index is 0.240. The average Bonchev–Trinajstić information content (AvgIpc) is 2.17. The Morgan fingerprint density at radius 3 is 2.36 bits per heavy atom. The van der Waals surface area contributed by atoms with Crippen LogP contribution in [0.5, 0.6) is 0 Å². The van der Waals surface area contributed by atoms with Gasteiger partial charge in [-0.05, 0) is 24.1 Å². The number of halogens is 1. The Hall–Kier alpha value is -1.06. The van der Waals surface area contributed by atoms with Crippen molar-refractivity contribution in [3.8, 4) is 0 Å². The quantitative estimate of drug-likeness (QED) is 0.798. The van der Waals surface area contributed by atoms with Gasteiger partial charge in [-0.3, -0.25) is 4.79 Å². The van der Waals surface area contributed by atoms with E-state index in [4.69, 9.17) is 17.3 Å². The van der Waals surface area contributed by atoms with Gasteiger partial charge in [0.1, 0.15) is 0 Å². The third-order valence-electron chi connectivity index (χ3n) is 2.24. The summed E-state index contributed by atoms with van der Waals surface area (Å²) in [4.78, 5) is 11.1. The molecule has 0 fully saturated rings. The van der Waals surface area contributed by atoms with E-state index in [9.17, 15) is 9.90 Å². The second-order valence-electron chi connectivity index (χ2n) is 3.08. The molecule has 3 N–H and O–H groups in total. The van der Waals surface area contributed by atoms with E-state index >= 15 is 0 Å². The zero-order valence-electron chi connectivity index (χ0n) is 7.83. The van der Waals surface area contributed by atoms with Gasteiger partial charge in [0.25, 0.3) is 5.91 Å².